The van der Waals surface area contributed by atoms with E-state index in [1.165, 1.54) is 0 Å². The van der Waals surface area contributed by atoms with Crippen molar-refractivity contribution in [3.63, 3.8) is 0 Å². The second-order valence-corrected chi connectivity index (χ2v) is 8.60. The number of nitrogens with one attached hydrogen (secondary N) is 1. The summed E-state index contributed by atoms with van der Waals surface area (Å²) in [4.78, 5) is 23.8. The number of carbonyl (C=O) groups excluding carboxylic acids is 1. The van der Waals surface area contributed by atoms with Gasteiger partial charge in [0.2, 0.25) is 11.8 Å². The lowest BCUT2D eigenvalue weighted by Gasteiger charge is -2.38. The molecule has 4 heterocycles. The molecule has 1 aliphatic rings. The van der Waals surface area contributed by atoms with Crippen LogP contribution in [0.3, 0.4) is 0 Å². The number of hydrogen-bond acceptors (Lipinski definition) is 6. The maximum Gasteiger partial charge on any atom is 0.247 e. The molecule has 0 fully saturated rings. The number of hydrogen-bond donors (Lipinski definition) is 1. The number of aryl methyl sites for hydroxylation is 3. The van der Waals surface area contributed by atoms with E-state index in [9.17, 15) is 4.79 Å². The molecule has 8 nitrogen and oxygen atoms in total. The molecule has 9 heteroatoms. The number of rotatable bonds is 7. The van der Waals surface area contributed by atoms with Gasteiger partial charge in [-0.3, -0.25) is 14.5 Å². The third kappa shape index (κ3) is 5.30. The average Bonchev–Trinajstić information content (AvgIpc) is 3.20. The number of likely N-dealkylation sites (N-methyl/N-ethyl adjacent to an activating group) is 1. The maximum absolute atomic E-state index is 12.5. The van der Waals surface area contributed by atoms with Gasteiger partial charge in [0, 0.05) is 25.0 Å². The Morgan fingerprint density at radius 3 is 2.70 bits per heavy atom. The second-order valence-electron chi connectivity index (χ2n) is 8.60. The number of anilines is 2. The van der Waals surface area contributed by atoms with Crippen molar-refractivity contribution in [1.29, 1.82) is 0 Å². The summed E-state index contributed by atoms with van der Waals surface area (Å²) in [6.07, 6.45) is 5.58. The van der Waals surface area contributed by atoms with Crippen LogP contribution < -0.4 is 15.0 Å². The quantitative estimate of drug-likeness (QED) is 0.572. The Balaban J connectivity index is 0.00000306. The Bertz CT molecular complexity index is 1130. The number of aromatic nitrogens is 4. The minimum Gasteiger partial charge on any atom is -0.481 e. The normalized spacial score (nSPS) is 15.2. The average molecular weight is 469 g/mol. The van der Waals surface area contributed by atoms with Crippen LogP contribution in [0.25, 0.3) is 0 Å². The molecule has 3 aromatic heterocycles. The molecule has 0 saturated heterocycles. The van der Waals surface area contributed by atoms with Gasteiger partial charge in [-0.15, -0.1) is 0 Å². The zero-order valence-corrected chi connectivity index (χ0v) is 20.8. The van der Waals surface area contributed by atoms with Crippen molar-refractivity contribution in [2.45, 2.75) is 46.2 Å². The molecule has 0 radical (unpaired) electrons. The van der Waals surface area contributed by atoms with Gasteiger partial charge in [-0.25, -0.2) is 4.98 Å². The van der Waals surface area contributed by atoms with E-state index in [0.29, 0.717) is 12.4 Å². The molecule has 3 aromatic rings. The van der Waals surface area contributed by atoms with Crippen LogP contribution in [0.1, 0.15) is 36.5 Å². The first-order chi connectivity index (χ1) is 15.4. The number of pyridine rings is 2. The van der Waals surface area contributed by atoms with E-state index in [-0.39, 0.29) is 31.4 Å². The molecule has 1 amide bonds. The molecule has 0 spiro atoms. The summed E-state index contributed by atoms with van der Waals surface area (Å²) in [6.45, 7) is 6.68. The molecule has 0 unspecified atom stereocenters. The first-order valence-electron chi connectivity index (χ1n) is 10.9. The van der Waals surface area contributed by atoms with E-state index in [4.69, 9.17) is 9.72 Å². The number of ether oxygens (including phenoxy) is 1. The number of nitrogens with zero attached hydrogens (tertiary/aromatic N) is 5. The molecule has 4 rings (SSSR count). The van der Waals surface area contributed by atoms with Crippen molar-refractivity contribution in [2.75, 3.05) is 24.4 Å². The van der Waals surface area contributed by atoms with Gasteiger partial charge < -0.3 is 15.0 Å². The van der Waals surface area contributed by atoms with Crippen molar-refractivity contribution in [1.82, 2.24) is 19.7 Å². The molecule has 176 valence electrons. The van der Waals surface area contributed by atoms with E-state index < -0.39 is 0 Å². The zero-order valence-electron chi connectivity index (χ0n) is 19.8. The van der Waals surface area contributed by atoms with Crippen LogP contribution in [-0.4, -0.2) is 45.9 Å². The van der Waals surface area contributed by atoms with Crippen molar-refractivity contribution in [3.8, 4) is 5.88 Å². The van der Waals surface area contributed by atoms with E-state index in [0.717, 1.165) is 46.9 Å². The van der Waals surface area contributed by atoms with Crippen molar-refractivity contribution in [3.05, 3.63) is 59.3 Å². The van der Waals surface area contributed by atoms with Crippen molar-refractivity contribution >= 4 is 30.8 Å². The highest BCUT2D eigenvalue weighted by Crippen LogP contribution is 2.35. The molecule has 1 aliphatic heterocycles. The van der Waals surface area contributed by atoms with E-state index in [2.05, 4.69) is 40.2 Å². The topological polar surface area (TPSA) is 85.2 Å². The highest BCUT2D eigenvalue weighted by atomic mass is 32.1. The summed E-state index contributed by atoms with van der Waals surface area (Å²) < 4.78 is 7.08. The monoisotopic (exact) mass is 468 g/mol. The summed E-state index contributed by atoms with van der Waals surface area (Å²) in [5, 5.41) is 7.53. The van der Waals surface area contributed by atoms with E-state index in [1.807, 2.05) is 49.2 Å². The fourth-order valence-corrected chi connectivity index (χ4v) is 4.27. The van der Waals surface area contributed by atoms with Crippen molar-refractivity contribution in [2.24, 2.45) is 5.92 Å². The predicted octanol–water partition coefficient (Wildman–Crippen LogP) is 3.35. The molecule has 0 saturated carbocycles. The van der Waals surface area contributed by atoms with Crippen LogP contribution in [0.5, 0.6) is 5.88 Å². The zero-order chi connectivity index (χ0) is 22.8. The van der Waals surface area contributed by atoms with E-state index in [1.54, 1.807) is 7.11 Å². The minimum absolute atomic E-state index is 0. The first kappa shape index (κ1) is 24.6. The minimum atomic E-state index is -0.180. The van der Waals surface area contributed by atoms with Gasteiger partial charge >= 0.3 is 0 Å². The summed E-state index contributed by atoms with van der Waals surface area (Å²) in [5.41, 5.74) is 5.75. The third-order valence-electron chi connectivity index (χ3n) is 5.85. The molecule has 0 aliphatic carbocycles. The Kier molecular flexibility index (Phi) is 7.63. The molecule has 1 N–H and O–H groups in total. The van der Waals surface area contributed by atoms with Crippen LogP contribution in [-0.2, 0) is 24.2 Å². The Morgan fingerprint density at radius 1 is 1.18 bits per heavy atom. The largest absolute Gasteiger partial charge is 0.481 e. The highest BCUT2D eigenvalue weighted by Gasteiger charge is 2.34. The van der Waals surface area contributed by atoms with Gasteiger partial charge in [0.05, 0.1) is 42.6 Å². The third-order valence-corrected chi connectivity index (χ3v) is 5.85. The van der Waals surface area contributed by atoms with Gasteiger partial charge in [0.1, 0.15) is 6.04 Å². The second kappa shape index (κ2) is 10.2. The SMILES string of the molecule is COc1cccc(Cn2cc(CCc3cc4c(c(C)n3)NC(=O)[C@H](C(C)C)N4C)cn2)n1.S. The number of fused-ring (bicyclic) bond motifs is 1. The fourth-order valence-electron chi connectivity index (χ4n) is 4.27. The molecule has 1 atom stereocenters. The number of methoxy groups -OCH3 is 1. The van der Waals surface area contributed by atoms with E-state index >= 15 is 0 Å². The lowest BCUT2D eigenvalue weighted by atomic mass is 9.97. The molecular weight excluding hydrogens is 436 g/mol. The Morgan fingerprint density at radius 2 is 1.97 bits per heavy atom. The molecule has 0 aromatic carbocycles. The van der Waals surface area contributed by atoms with Crippen LogP contribution in [0.15, 0.2) is 36.7 Å². The summed E-state index contributed by atoms with van der Waals surface area (Å²) in [6, 6.07) is 7.64. The lowest BCUT2D eigenvalue weighted by Crippen LogP contribution is -2.49. The molecule has 33 heavy (non-hydrogen) atoms. The van der Waals surface area contributed by atoms with Crippen LogP contribution in [0.4, 0.5) is 11.4 Å². The van der Waals surface area contributed by atoms with Gasteiger partial charge in [0.15, 0.2) is 0 Å². The Labute approximate surface area is 201 Å². The number of carbonyl (C=O) groups is 1. The van der Waals surface area contributed by atoms with Crippen LogP contribution in [0.2, 0.25) is 0 Å². The van der Waals surface area contributed by atoms with Crippen LogP contribution in [0, 0.1) is 12.8 Å². The van der Waals surface area contributed by atoms with Gasteiger partial charge in [-0.1, -0.05) is 19.9 Å². The van der Waals surface area contributed by atoms with Gasteiger partial charge in [-0.2, -0.15) is 18.6 Å². The highest BCUT2D eigenvalue weighted by molar-refractivity contribution is 7.59. The fraction of sp³-hybridized carbons (Fsp3) is 0.417. The molecular formula is C24H32N6O2S. The van der Waals surface area contributed by atoms with Gasteiger partial charge in [-0.05, 0) is 43.4 Å². The standard InChI is InChI=1S/C24H30N6O2.H2S/c1-15(2)23-24(31)28-22-16(3)26-18(11-20(22)29(23)4)10-9-17-12-25-30(13-17)14-19-7-6-8-21(27-19)32-5;/h6-8,11-13,15,23H,9-10,14H2,1-5H3,(H,28,31);1H2/t23-;/m0./s1. The Hall–Kier alpha value is -3.07. The number of amides is 1. The lowest BCUT2D eigenvalue weighted by molar-refractivity contribution is -0.118. The summed E-state index contributed by atoms with van der Waals surface area (Å²) >= 11 is 0. The van der Waals surface area contributed by atoms with Crippen LogP contribution >= 0.6 is 13.5 Å². The van der Waals surface area contributed by atoms with Crippen molar-refractivity contribution < 1.29 is 9.53 Å². The smallest absolute Gasteiger partial charge is 0.247 e. The summed E-state index contributed by atoms with van der Waals surface area (Å²) in [7, 11) is 3.60. The van der Waals surface area contributed by atoms with Gasteiger partial charge in [0.25, 0.3) is 0 Å². The first-order valence-corrected chi connectivity index (χ1v) is 10.9. The predicted molar refractivity (Wildman–Crippen MR) is 135 cm³/mol. The molecule has 0 bridgehead atoms. The maximum atomic E-state index is 12.5. The summed E-state index contributed by atoms with van der Waals surface area (Å²) in [5.74, 6) is 0.852.